The second kappa shape index (κ2) is 19.8. The Hall–Kier alpha value is -9.90. The minimum atomic E-state index is 1.05. The van der Waals surface area contributed by atoms with E-state index in [4.69, 9.17) is 0 Å². The van der Waals surface area contributed by atoms with Crippen LogP contribution in [0.4, 0.5) is 68.2 Å². The van der Waals surface area contributed by atoms with Crippen molar-refractivity contribution in [2.75, 3.05) is 19.6 Å². The zero-order valence-electron chi connectivity index (χ0n) is 42.5. The number of hydrogen-bond acceptors (Lipinski definition) is 4. The lowest BCUT2D eigenvalue weighted by Gasteiger charge is -2.31. The molecule has 0 aliphatic carbocycles. The Kier molecular flexibility index (Phi) is 12.0. The largest absolute Gasteiger partial charge is 0.310 e. The fraction of sp³-hybridized carbons (Fsp3) is 0.0278. The molecule has 13 aromatic rings. The molecule has 76 heavy (non-hydrogen) atoms. The van der Waals surface area contributed by atoms with Gasteiger partial charge in [0.1, 0.15) is 0 Å². The van der Waals surface area contributed by atoms with E-state index in [2.05, 4.69) is 325 Å². The van der Waals surface area contributed by atoms with Crippen LogP contribution in [0.25, 0.3) is 43.1 Å². The zero-order valence-corrected chi connectivity index (χ0v) is 42.5. The summed E-state index contributed by atoms with van der Waals surface area (Å²) in [6, 6.07) is 106. The Morgan fingerprint density at radius 1 is 0.171 bits per heavy atom. The van der Waals surface area contributed by atoms with Crippen molar-refractivity contribution in [2.45, 2.75) is 13.8 Å². The van der Waals surface area contributed by atoms with Gasteiger partial charge in [0.05, 0.1) is 22.7 Å². The molecule has 0 heterocycles. The smallest absolute Gasteiger partial charge is 0.0540 e. The summed E-state index contributed by atoms with van der Waals surface area (Å²) in [6.07, 6.45) is 0. The maximum Gasteiger partial charge on any atom is 0.0540 e. The van der Waals surface area contributed by atoms with Crippen LogP contribution in [0, 0.1) is 13.8 Å². The molecule has 0 amide bonds. The highest BCUT2D eigenvalue weighted by molar-refractivity contribution is 6.03. The standard InChI is InChI=1S/C72H54N4/c1-51-19-3-13-33-67(51)75(71-37-17-27-55-23-7-11-31-65(55)71)61-47-43-59(44-48-61)73(69-35-15-25-53-21-5-9-29-63(53)69)57-39-41-58(42-40-57)74(70-36-16-26-54-22-6-10-30-64(54)70)60-45-49-62(50-46-60)76(68-34-14-4-20-52(68)2)72-38-18-28-56-24-8-12-32-66(56)72/h3-50H,1-2H3. The molecule has 0 bridgehead atoms. The number of fused-ring (bicyclic) bond motifs is 4. The highest BCUT2D eigenvalue weighted by Crippen LogP contribution is 2.47. The topological polar surface area (TPSA) is 13.0 Å². The van der Waals surface area contributed by atoms with E-state index in [0.29, 0.717) is 0 Å². The van der Waals surface area contributed by atoms with E-state index >= 15 is 0 Å². The number of para-hydroxylation sites is 2. The molecule has 0 spiro atoms. The van der Waals surface area contributed by atoms with Gasteiger partial charge in [-0.15, -0.1) is 0 Å². The summed E-state index contributed by atoms with van der Waals surface area (Å²) < 4.78 is 0. The summed E-state index contributed by atoms with van der Waals surface area (Å²) >= 11 is 0. The van der Waals surface area contributed by atoms with Crippen molar-refractivity contribution in [1.82, 2.24) is 0 Å². The van der Waals surface area contributed by atoms with Gasteiger partial charge in [-0.2, -0.15) is 0 Å². The second-order valence-electron chi connectivity index (χ2n) is 19.5. The molecule has 0 radical (unpaired) electrons. The average Bonchev–Trinajstić information content (AvgIpc) is 3.48. The van der Waals surface area contributed by atoms with Gasteiger partial charge in [0.15, 0.2) is 0 Å². The molecule has 0 aliphatic heterocycles. The van der Waals surface area contributed by atoms with Crippen molar-refractivity contribution in [2.24, 2.45) is 0 Å². The van der Waals surface area contributed by atoms with Gasteiger partial charge in [0, 0.05) is 67.0 Å². The van der Waals surface area contributed by atoms with Gasteiger partial charge in [-0.25, -0.2) is 0 Å². The molecule has 0 saturated carbocycles. The van der Waals surface area contributed by atoms with E-state index < -0.39 is 0 Å². The highest BCUT2D eigenvalue weighted by atomic mass is 15.2. The lowest BCUT2D eigenvalue weighted by Crippen LogP contribution is -2.14. The Morgan fingerprint density at radius 3 is 0.645 bits per heavy atom. The predicted molar refractivity (Wildman–Crippen MR) is 325 cm³/mol. The SMILES string of the molecule is Cc1ccccc1N(c1ccc(N(c2ccc(N(c3ccc(N(c4ccccc4C)c4cccc5ccccc45)cc3)c3cccc4ccccc34)cc2)c2cccc3ccccc23)cc1)c1cccc2ccccc12. The van der Waals surface area contributed by atoms with Crippen molar-refractivity contribution in [3.05, 3.63) is 302 Å². The lowest BCUT2D eigenvalue weighted by molar-refractivity contribution is 1.24. The number of nitrogens with zero attached hydrogens (tertiary/aromatic N) is 4. The van der Waals surface area contributed by atoms with E-state index in [1.54, 1.807) is 0 Å². The van der Waals surface area contributed by atoms with Gasteiger partial charge in [-0.05, 0) is 156 Å². The molecule has 0 aliphatic rings. The number of hydrogen-bond donors (Lipinski definition) is 0. The first-order valence-corrected chi connectivity index (χ1v) is 26.1. The van der Waals surface area contributed by atoms with Crippen LogP contribution >= 0.6 is 0 Å². The summed E-state index contributed by atoms with van der Waals surface area (Å²) in [6.45, 7) is 4.38. The summed E-state index contributed by atoms with van der Waals surface area (Å²) in [4.78, 5) is 9.60. The first-order chi connectivity index (χ1) is 37.6. The maximum absolute atomic E-state index is 2.40. The summed E-state index contributed by atoms with van der Waals surface area (Å²) in [5.74, 6) is 0. The van der Waals surface area contributed by atoms with Crippen LogP contribution in [0.2, 0.25) is 0 Å². The number of rotatable bonds is 12. The monoisotopic (exact) mass is 974 g/mol. The fourth-order valence-corrected chi connectivity index (χ4v) is 11.2. The summed E-state index contributed by atoms with van der Waals surface area (Å²) in [7, 11) is 0. The summed E-state index contributed by atoms with van der Waals surface area (Å²) in [5.41, 5.74) is 15.6. The molecule has 4 heteroatoms. The van der Waals surface area contributed by atoms with Crippen molar-refractivity contribution >= 4 is 111 Å². The molecule has 0 atom stereocenters. The van der Waals surface area contributed by atoms with Gasteiger partial charge in [0.25, 0.3) is 0 Å². The van der Waals surface area contributed by atoms with E-state index in [-0.39, 0.29) is 0 Å². The van der Waals surface area contributed by atoms with Gasteiger partial charge < -0.3 is 19.6 Å². The molecular weight excluding hydrogens is 921 g/mol. The van der Waals surface area contributed by atoms with Crippen LogP contribution < -0.4 is 19.6 Å². The summed E-state index contributed by atoms with van der Waals surface area (Å²) in [5, 5.41) is 9.55. The third-order valence-electron chi connectivity index (χ3n) is 14.8. The fourth-order valence-electron chi connectivity index (χ4n) is 11.2. The average molecular weight is 975 g/mol. The molecular formula is C72H54N4. The molecule has 0 saturated heterocycles. The maximum atomic E-state index is 2.40. The van der Waals surface area contributed by atoms with Crippen LogP contribution in [0.15, 0.2) is 291 Å². The molecule has 0 aromatic heterocycles. The second-order valence-corrected chi connectivity index (χ2v) is 19.5. The van der Waals surface area contributed by atoms with Gasteiger partial charge in [0.2, 0.25) is 0 Å². The van der Waals surface area contributed by atoms with E-state index in [1.807, 2.05) is 0 Å². The molecule has 362 valence electrons. The van der Waals surface area contributed by atoms with E-state index in [1.165, 1.54) is 54.2 Å². The molecule has 4 nitrogen and oxygen atoms in total. The third kappa shape index (κ3) is 8.42. The van der Waals surface area contributed by atoms with Crippen LogP contribution in [0.3, 0.4) is 0 Å². The Labute approximate surface area is 444 Å². The normalized spacial score (nSPS) is 11.3. The molecule has 0 N–H and O–H groups in total. The van der Waals surface area contributed by atoms with Crippen LogP contribution in [-0.2, 0) is 0 Å². The van der Waals surface area contributed by atoms with E-state index in [9.17, 15) is 0 Å². The lowest BCUT2D eigenvalue weighted by atomic mass is 10.0. The minimum Gasteiger partial charge on any atom is -0.310 e. The quantitative estimate of drug-likeness (QED) is 0.121. The number of aryl methyl sites for hydroxylation is 2. The molecule has 0 unspecified atom stereocenters. The molecule has 13 aromatic carbocycles. The third-order valence-corrected chi connectivity index (χ3v) is 14.8. The first kappa shape index (κ1) is 45.9. The Bertz CT molecular complexity index is 3930. The Morgan fingerprint density at radius 2 is 0.368 bits per heavy atom. The van der Waals surface area contributed by atoms with Crippen LogP contribution in [0.5, 0.6) is 0 Å². The van der Waals surface area contributed by atoms with Gasteiger partial charge in [-0.1, -0.05) is 182 Å². The van der Waals surface area contributed by atoms with Gasteiger partial charge in [-0.3, -0.25) is 0 Å². The predicted octanol–water partition coefficient (Wildman–Crippen LogP) is 20.8. The van der Waals surface area contributed by atoms with Crippen molar-refractivity contribution in [3.63, 3.8) is 0 Å². The van der Waals surface area contributed by atoms with Crippen molar-refractivity contribution < 1.29 is 0 Å². The highest BCUT2D eigenvalue weighted by Gasteiger charge is 2.23. The van der Waals surface area contributed by atoms with Crippen molar-refractivity contribution in [1.29, 1.82) is 0 Å². The number of anilines is 12. The van der Waals surface area contributed by atoms with Gasteiger partial charge >= 0.3 is 0 Å². The van der Waals surface area contributed by atoms with Crippen molar-refractivity contribution in [3.8, 4) is 0 Å². The zero-order chi connectivity index (χ0) is 51.0. The van der Waals surface area contributed by atoms with Crippen LogP contribution in [-0.4, -0.2) is 0 Å². The first-order valence-electron chi connectivity index (χ1n) is 26.1. The van der Waals surface area contributed by atoms with Crippen LogP contribution in [0.1, 0.15) is 11.1 Å². The minimum absolute atomic E-state index is 1.05. The number of benzene rings is 13. The van der Waals surface area contributed by atoms with E-state index in [0.717, 1.165) is 68.2 Å². The molecule has 13 rings (SSSR count). The molecule has 0 fully saturated rings. The Balaban J connectivity index is 0.930.